The molecule has 2 aliphatic heterocycles. The molecule has 1 aromatic heterocycles. The number of benzene rings is 1. The molecule has 9 nitrogen and oxygen atoms in total. The molecule has 10 heteroatoms. The number of amides is 2. The fourth-order valence-corrected chi connectivity index (χ4v) is 4.18. The smallest absolute Gasteiger partial charge is 0.286 e. The van der Waals surface area contributed by atoms with Crippen molar-refractivity contribution in [1.82, 2.24) is 9.80 Å². The van der Waals surface area contributed by atoms with E-state index in [2.05, 4.69) is 4.99 Å². The monoisotopic (exact) mass is 426 g/mol. The lowest BCUT2D eigenvalue weighted by atomic mass is 10.1. The number of nitro groups is 1. The summed E-state index contributed by atoms with van der Waals surface area (Å²) in [5.74, 6) is 0.648. The van der Waals surface area contributed by atoms with E-state index in [4.69, 9.17) is 4.42 Å². The van der Waals surface area contributed by atoms with Crippen molar-refractivity contribution in [1.29, 1.82) is 0 Å². The summed E-state index contributed by atoms with van der Waals surface area (Å²) in [6.07, 6.45) is 1.62. The molecule has 0 N–H and O–H groups in total. The van der Waals surface area contributed by atoms with Crippen molar-refractivity contribution in [2.24, 2.45) is 4.99 Å². The molecule has 3 heterocycles. The number of nitro benzene ring substituents is 1. The van der Waals surface area contributed by atoms with E-state index in [-0.39, 0.29) is 17.5 Å². The number of aliphatic imine (C=N–C) groups is 1. The van der Waals surface area contributed by atoms with E-state index in [9.17, 15) is 19.7 Å². The number of furan rings is 1. The molecule has 1 saturated heterocycles. The highest BCUT2D eigenvalue weighted by Crippen LogP contribution is 2.32. The Hall–Kier alpha value is -3.40. The second-order valence-corrected chi connectivity index (χ2v) is 7.82. The minimum Gasteiger partial charge on any atom is -0.457 e. The number of rotatable bonds is 3. The number of carbonyl (C=O) groups is 2. The Labute approximate surface area is 176 Å². The molecule has 0 atom stereocenters. The Balaban J connectivity index is 1.45. The van der Waals surface area contributed by atoms with Gasteiger partial charge in [0.2, 0.25) is 5.91 Å². The second-order valence-electron chi connectivity index (χ2n) is 6.81. The number of hydrogen-bond acceptors (Lipinski definition) is 7. The molecule has 0 spiro atoms. The van der Waals surface area contributed by atoms with Crippen LogP contribution < -0.4 is 0 Å². The van der Waals surface area contributed by atoms with Crippen molar-refractivity contribution in [2.75, 3.05) is 26.2 Å². The number of amidine groups is 1. The third-order valence-electron chi connectivity index (χ3n) is 4.85. The minimum atomic E-state index is -0.460. The number of hydrogen-bond donors (Lipinski definition) is 0. The molecule has 0 radical (unpaired) electrons. The number of piperazine rings is 1. The predicted molar refractivity (Wildman–Crippen MR) is 113 cm³/mol. The summed E-state index contributed by atoms with van der Waals surface area (Å²) < 4.78 is 5.76. The molecule has 154 valence electrons. The molecule has 30 heavy (non-hydrogen) atoms. The standard InChI is InChI=1S/C20H18N4O5S/c1-13(25)22-7-9-23(10-8-22)20-21-19(26)18(30-20)12-16-5-6-17(29-16)14-3-2-4-15(11-14)24(27)28/h2-6,11-12H,7-10H2,1H3. The topological polar surface area (TPSA) is 109 Å². The highest BCUT2D eigenvalue weighted by atomic mass is 32.2. The summed E-state index contributed by atoms with van der Waals surface area (Å²) in [6.45, 7) is 4.01. The average Bonchev–Trinajstić information content (AvgIpc) is 3.35. The molecule has 0 saturated carbocycles. The molecule has 2 amide bonds. The molecule has 2 aromatic rings. The Kier molecular flexibility index (Phi) is 5.40. The van der Waals surface area contributed by atoms with Crippen molar-refractivity contribution >= 4 is 40.5 Å². The zero-order valence-corrected chi connectivity index (χ0v) is 16.9. The van der Waals surface area contributed by atoms with Gasteiger partial charge in [-0.2, -0.15) is 4.99 Å². The molecular formula is C20H18N4O5S. The van der Waals surface area contributed by atoms with Crippen LogP contribution in [0.2, 0.25) is 0 Å². The van der Waals surface area contributed by atoms with Crippen LogP contribution in [0.15, 0.2) is 50.7 Å². The normalized spacial score (nSPS) is 18.1. The highest BCUT2D eigenvalue weighted by molar-refractivity contribution is 8.18. The summed E-state index contributed by atoms with van der Waals surface area (Å²) in [5.41, 5.74) is 0.563. The maximum absolute atomic E-state index is 12.3. The summed E-state index contributed by atoms with van der Waals surface area (Å²) in [6, 6.07) is 9.58. The van der Waals surface area contributed by atoms with E-state index < -0.39 is 4.92 Å². The molecule has 4 rings (SSSR count). The summed E-state index contributed by atoms with van der Waals surface area (Å²) in [4.78, 5) is 42.6. The van der Waals surface area contributed by atoms with Crippen molar-refractivity contribution in [3.05, 3.63) is 57.2 Å². The van der Waals surface area contributed by atoms with Crippen LogP contribution >= 0.6 is 11.8 Å². The summed E-state index contributed by atoms with van der Waals surface area (Å²) in [7, 11) is 0. The number of nitrogens with zero attached hydrogens (tertiary/aromatic N) is 4. The van der Waals surface area contributed by atoms with Gasteiger partial charge >= 0.3 is 0 Å². The van der Waals surface area contributed by atoms with E-state index in [0.717, 1.165) is 0 Å². The van der Waals surface area contributed by atoms with Crippen molar-refractivity contribution in [3.63, 3.8) is 0 Å². The second kappa shape index (κ2) is 8.15. The summed E-state index contributed by atoms with van der Waals surface area (Å²) in [5, 5.41) is 11.6. The Morgan fingerprint density at radius 2 is 2.00 bits per heavy atom. The molecule has 0 unspecified atom stereocenters. The van der Waals surface area contributed by atoms with Gasteiger partial charge in [0, 0.05) is 56.9 Å². The van der Waals surface area contributed by atoms with Gasteiger partial charge in [-0.05, 0) is 23.9 Å². The fraction of sp³-hybridized carbons (Fsp3) is 0.250. The quantitative estimate of drug-likeness (QED) is 0.422. The summed E-state index contributed by atoms with van der Waals surface area (Å²) >= 11 is 1.28. The van der Waals surface area contributed by atoms with E-state index >= 15 is 0 Å². The van der Waals surface area contributed by atoms with Gasteiger partial charge in [0.05, 0.1) is 9.83 Å². The molecule has 2 aliphatic rings. The highest BCUT2D eigenvalue weighted by Gasteiger charge is 2.29. The zero-order valence-electron chi connectivity index (χ0n) is 16.1. The predicted octanol–water partition coefficient (Wildman–Crippen LogP) is 2.99. The van der Waals surface area contributed by atoms with Gasteiger partial charge in [-0.3, -0.25) is 19.7 Å². The van der Waals surface area contributed by atoms with Gasteiger partial charge in [-0.1, -0.05) is 12.1 Å². The van der Waals surface area contributed by atoms with E-state index in [1.807, 2.05) is 4.90 Å². The van der Waals surface area contributed by atoms with Crippen LogP contribution in [0, 0.1) is 10.1 Å². The Bertz CT molecular complexity index is 1080. The van der Waals surface area contributed by atoms with Crippen LogP contribution in [0.25, 0.3) is 17.4 Å². The molecule has 1 fully saturated rings. The third kappa shape index (κ3) is 4.13. The van der Waals surface area contributed by atoms with Crippen LogP contribution in [0.4, 0.5) is 5.69 Å². The van der Waals surface area contributed by atoms with E-state index in [1.165, 1.54) is 23.9 Å². The lowest BCUT2D eigenvalue weighted by Crippen LogP contribution is -2.49. The lowest BCUT2D eigenvalue weighted by molar-refractivity contribution is -0.384. The van der Waals surface area contributed by atoms with Gasteiger partial charge in [0.1, 0.15) is 11.5 Å². The van der Waals surface area contributed by atoms with Crippen molar-refractivity contribution in [2.45, 2.75) is 6.92 Å². The third-order valence-corrected chi connectivity index (χ3v) is 5.89. The van der Waals surface area contributed by atoms with Crippen LogP contribution in [0.5, 0.6) is 0 Å². The van der Waals surface area contributed by atoms with Crippen LogP contribution in [-0.4, -0.2) is 57.9 Å². The number of thioether (sulfide) groups is 1. The van der Waals surface area contributed by atoms with Gasteiger partial charge in [0.15, 0.2) is 5.17 Å². The van der Waals surface area contributed by atoms with E-state index in [0.29, 0.717) is 53.3 Å². The van der Waals surface area contributed by atoms with Crippen LogP contribution in [0.3, 0.4) is 0 Å². The Morgan fingerprint density at radius 3 is 2.70 bits per heavy atom. The first kappa shape index (κ1) is 19.9. The SMILES string of the molecule is CC(=O)N1CCN(C2=NC(=O)C(=Cc3ccc(-c4cccc([N+](=O)[O-])c4)o3)S2)CC1. The van der Waals surface area contributed by atoms with Gasteiger partial charge in [-0.15, -0.1) is 0 Å². The molecule has 0 aliphatic carbocycles. The lowest BCUT2D eigenvalue weighted by Gasteiger charge is -2.34. The van der Waals surface area contributed by atoms with Crippen LogP contribution in [-0.2, 0) is 9.59 Å². The maximum Gasteiger partial charge on any atom is 0.286 e. The zero-order chi connectivity index (χ0) is 21.3. The van der Waals surface area contributed by atoms with Crippen molar-refractivity contribution < 1.29 is 18.9 Å². The van der Waals surface area contributed by atoms with Gasteiger partial charge in [0.25, 0.3) is 11.6 Å². The van der Waals surface area contributed by atoms with Crippen molar-refractivity contribution in [3.8, 4) is 11.3 Å². The van der Waals surface area contributed by atoms with Gasteiger partial charge < -0.3 is 14.2 Å². The largest absolute Gasteiger partial charge is 0.457 e. The molecular weight excluding hydrogens is 408 g/mol. The molecule has 1 aromatic carbocycles. The Morgan fingerprint density at radius 1 is 1.23 bits per heavy atom. The van der Waals surface area contributed by atoms with Gasteiger partial charge in [-0.25, -0.2) is 0 Å². The first-order valence-corrected chi connectivity index (χ1v) is 10.1. The van der Waals surface area contributed by atoms with Crippen LogP contribution in [0.1, 0.15) is 12.7 Å². The minimum absolute atomic E-state index is 0.0201. The fourth-order valence-electron chi connectivity index (χ4n) is 3.23. The number of non-ortho nitro benzene ring substituents is 1. The molecule has 0 bridgehead atoms. The first-order chi connectivity index (χ1) is 14.4. The van der Waals surface area contributed by atoms with E-state index in [1.54, 1.807) is 42.2 Å². The first-order valence-electron chi connectivity index (χ1n) is 9.28. The number of carbonyl (C=O) groups excluding carboxylic acids is 2. The average molecular weight is 426 g/mol. The maximum atomic E-state index is 12.3.